The molecule has 7 nitrogen and oxygen atoms in total. The van der Waals surface area contributed by atoms with Gasteiger partial charge in [-0.05, 0) is 34.9 Å². The first kappa shape index (κ1) is 21.8. The molecule has 0 unspecified atom stereocenters. The zero-order chi connectivity index (χ0) is 22.7. The molecule has 8 heteroatoms. The standard InChI is InChI=1S/C24H23NO6S/c26-23(15-31-22-13-19-9-5-4-8-18(19)12-21(22)24(27)28)25(14-17-6-2-1-3-7-17)20-10-11-32(29,30)16-20/h1-9,12-13,20H,10-11,14-16H2,(H,27,28)/t20-/m0/s1. The highest BCUT2D eigenvalue weighted by molar-refractivity contribution is 7.91. The fourth-order valence-electron chi connectivity index (χ4n) is 3.95. The summed E-state index contributed by atoms with van der Waals surface area (Å²) in [7, 11) is -3.19. The molecule has 1 saturated heterocycles. The van der Waals surface area contributed by atoms with E-state index in [1.54, 1.807) is 12.1 Å². The molecule has 1 atom stereocenters. The van der Waals surface area contributed by atoms with Gasteiger partial charge in [0.1, 0.15) is 11.3 Å². The van der Waals surface area contributed by atoms with Gasteiger partial charge in [0.25, 0.3) is 5.91 Å². The highest BCUT2D eigenvalue weighted by Crippen LogP contribution is 2.27. The second-order valence-electron chi connectivity index (χ2n) is 7.85. The van der Waals surface area contributed by atoms with E-state index < -0.39 is 21.8 Å². The van der Waals surface area contributed by atoms with Crippen LogP contribution in [0.3, 0.4) is 0 Å². The number of hydrogen-bond donors (Lipinski definition) is 1. The van der Waals surface area contributed by atoms with Crippen molar-refractivity contribution in [1.29, 1.82) is 0 Å². The summed E-state index contributed by atoms with van der Waals surface area (Å²) in [5.74, 6) is -1.47. The van der Waals surface area contributed by atoms with Crippen LogP contribution in [0.1, 0.15) is 22.3 Å². The summed E-state index contributed by atoms with van der Waals surface area (Å²) in [5.41, 5.74) is 0.844. The third kappa shape index (κ3) is 4.91. The Morgan fingerprint density at radius 3 is 2.28 bits per heavy atom. The largest absolute Gasteiger partial charge is 0.483 e. The molecule has 0 aliphatic carbocycles. The number of carbonyl (C=O) groups excluding carboxylic acids is 1. The average Bonchev–Trinajstić information content (AvgIpc) is 3.15. The predicted octanol–water partition coefficient (Wildman–Crippen LogP) is 3.13. The summed E-state index contributed by atoms with van der Waals surface area (Å²) in [5, 5.41) is 11.1. The molecule has 3 aromatic rings. The summed E-state index contributed by atoms with van der Waals surface area (Å²) < 4.78 is 29.7. The fourth-order valence-corrected chi connectivity index (χ4v) is 5.68. The van der Waals surface area contributed by atoms with E-state index in [2.05, 4.69) is 0 Å². The smallest absolute Gasteiger partial charge is 0.339 e. The quantitative estimate of drug-likeness (QED) is 0.590. The number of rotatable bonds is 7. The van der Waals surface area contributed by atoms with Crippen molar-refractivity contribution in [3.8, 4) is 5.75 Å². The molecule has 3 aromatic carbocycles. The third-order valence-electron chi connectivity index (χ3n) is 5.59. The lowest BCUT2D eigenvalue weighted by Gasteiger charge is -2.28. The Morgan fingerprint density at radius 2 is 1.66 bits per heavy atom. The van der Waals surface area contributed by atoms with Gasteiger partial charge in [-0.3, -0.25) is 4.79 Å². The van der Waals surface area contributed by atoms with E-state index in [1.165, 1.54) is 11.0 Å². The lowest BCUT2D eigenvalue weighted by molar-refractivity contribution is -0.136. The second-order valence-corrected chi connectivity index (χ2v) is 10.1. The number of carboxylic acids is 1. The van der Waals surface area contributed by atoms with Crippen molar-refractivity contribution < 1.29 is 27.9 Å². The van der Waals surface area contributed by atoms with Crippen LogP contribution in [0, 0.1) is 0 Å². The SMILES string of the molecule is O=C(O)c1cc2ccccc2cc1OCC(=O)N(Cc1ccccc1)[C@H]1CCS(=O)(=O)C1. The summed E-state index contributed by atoms with van der Waals surface area (Å²) in [6.07, 6.45) is 0.372. The van der Waals surface area contributed by atoms with Gasteiger partial charge in [0.15, 0.2) is 16.4 Å². The monoisotopic (exact) mass is 453 g/mol. The highest BCUT2D eigenvalue weighted by Gasteiger charge is 2.35. The number of amides is 1. The van der Waals surface area contributed by atoms with Crippen molar-refractivity contribution >= 4 is 32.5 Å². The van der Waals surface area contributed by atoms with Crippen molar-refractivity contribution in [1.82, 2.24) is 4.90 Å². The number of sulfone groups is 1. The van der Waals surface area contributed by atoms with Gasteiger partial charge in [0, 0.05) is 12.6 Å². The Labute approximate surface area is 186 Å². The van der Waals surface area contributed by atoms with Crippen molar-refractivity contribution in [2.24, 2.45) is 0 Å². The van der Waals surface area contributed by atoms with Crippen LogP contribution in [0.2, 0.25) is 0 Å². The van der Waals surface area contributed by atoms with Crippen LogP contribution >= 0.6 is 0 Å². The van der Waals surface area contributed by atoms with Crippen LogP contribution in [0.25, 0.3) is 10.8 Å². The molecule has 32 heavy (non-hydrogen) atoms. The van der Waals surface area contributed by atoms with E-state index in [9.17, 15) is 23.1 Å². The van der Waals surface area contributed by atoms with Crippen molar-refractivity contribution in [3.05, 3.63) is 77.9 Å². The van der Waals surface area contributed by atoms with Crippen molar-refractivity contribution in [2.45, 2.75) is 19.0 Å². The van der Waals surface area contributed by atoms with Crippen LogP contribution in [0.5, 0.6) is 5.75 Å². The van der Waals surface area contributed by atoms with Gasteiger partial charge in [-0.15, -0.1) is 0 Å². The molecule has 1 amide bonds. The van der Waals surface area contributed by atoms with Crippen LogP contribution in [-0.2, 0) is 21.2 Å². The van der Waals surface area contributed by atoms with E-state index >= 15 is 0 Å². The Hall–Kier alpha value is -3.39. The summed E-state index contributed by atoms with van der Waals surface area (Å²) in [6.45, 7) is -0.130. The molecule has 166 valence electrons. The van der Waals surface area contributed by atoms with Crippen molar-refractivity contribution in [3.63, 3.8) is 0 Å². The zero-order valence-corrected chi connectivity index (χ0v) is 18.1. The number of aromatic carboxylic acids is 1. The molecular formula is C24H23NO6S. The average molecular weight is 454 g/mol. The number of fused-ring (bicyclic) bond motifs is 1. The summed E-state index contributed by atoms with van der Waals surface area (Å²) in [6, 6.07) is 19.3. The first-order valence-corrected chi connectivity index (χ1v) is 12.1. The number of benzene rings is 3. The topological polar surface area (TPSA) is 101 Å². The van der Waals surface area contributed by atoms with E-state index in [-0.39, 0.29) is 41.9 Å². The molecule has 1 aliphatic rings. The first-order chi connectivity index (χ1) is 15.3. The number of carboxylic acid groups (broad SMARTS) is 1. The first-order valence-electron chi connectivity index (χ1n) is 10.2. The van der Waals surface area contributed by atoms with Gasteiger partial charge >= 0.3 is 5.97 Å². The number of ether oxygens (including phenoxy) is 1. The maximum Gasteiger partial charge on any atom is 0.339 e. The number of hydrogen-bond acceptors (Lipinski definition) is 5. The van der Waals surface area contributed by atoms with Gasteiger partial charge in [-0.2, -0.15) is 0 Å². The Balaban J connectivity index is 1.57. The van der Waals surface area contributed by atoms with Gasteiger partial charge < -0.3 is 14.7 Å². The van der Waals surface area contributed by atoms with Gasteiger partial charge in [-0.25, -0.2) is 13.2 Å². The van der Waals surface area contributed by atoms with Crippen LogP contribution in [-0.4, -0.2) is 54.5 Å². The molecule has 0 radical (unpaired) electrons. The van der Waals surface area contributed by atoms with E-state index in [0.29, 0.717) is 6.42 Å². The van der Waals surface area contributed by atoms with Gasteiger partial charge in [-0.1, -0.05) is 54.6 Å². The van der Waals surface area contributed by atoms with E-state index in [4.69, 9.17) is 4.74 Å². The molecule has 1 aliphatic heterocycles. The Kier molecular flexibility index (Phi) is 6.14. The summed E-state index contributed by atoms with van der Waals surface area (Å²) in [4.78, 5) is 26.4. The third-order valence-corrected chi connectivity index (χ3v) is 7.35. The van der Waals surface area contributed by atoms with Crippen LogP contribution in [0.15, 0.2) is 66.7 Å². The molecule has 1 fully saturated rings. The minimum Gasteiger partial charge on any atom is -0.483 e. The molecule has 1 heterocycles. The van der Waals surface area contributed by atoms with Crippen LogP contribution in [0.4, 0.5) is 0 Å². The molecular weight excluding hydrogens is 430 g/mol. The minimum absolute atomic E-state index is 0.0328. The van der Waals surface area contributed by atoms with E-state index in [1.807, 2.05) is 48.5 Å². The Bertz CT molecular complexity index is 1260. The maximum atomic E-state index is 13.1. The zero-order valence-electron chi connectivity index (χ0n) is 17.3. The second kappa shape index (κ2) is 9.00. The molecule has 1 N–H and O–H groups in total. The maximum absolute atomic E-state index is 13.1. The van der Waals surface area contributed by atoms with Crippen molar-refractivity contribution in [2.75, 3.05) is 18.1 Å². The normalized spacial score (nSPS) is 17.2. The minimum atomic E-state index is -3.19. The number of carbonyl (C=O) groups is 2. The number of nitrogens with zero attached hydrogens (tertiary/aromatic N) is 1. The molecule has 4 rings (SSSR count). The lowest BCUT2D eigenvalue weighted by atomic mass is 10.1. The molecule has 0 bridgehead atoms. The predicted molar refractivity (Wildman–Crippen MR) is 120 cm³/mol. The lowest BCUT2D eigenvalue weighted by Crippen LogP contribution is -2.43. The molecule has 0 aromatic heterocycles. The molecule has 0 spiro atoms. The van der Waals surface area contributed by atoms with E-state index in [0.717, 1.165) is 16.3 Å². The molecule has 0 saturated carbocycles. The highest BCUT2D eigenvalue weighted by atomic mass is 32.2. The fraction of sp³-hybridized carbons (Fsp3) is 0.250. The van der Waals surface area contributed by atoms with Crippen LogP contribution < -0.4 is 4.74 Å². The Morgan fingerprint density at radius 1 is 1.00 bits per heavy atom. The van der Waals surface area contributed by atoms with Gasteiger partial charge in [0.2, 0.25) is 0 Å². The van der Waals surface area contributed by atoms with Gasteiger partial charge in [0.05, 0.1) is 11.5 Å². The summed E-state index contributed by atoms with van der Waals surface area (Å²) >= 11 is 0.